The SMILES string of the molecule is N#Cc1cccc(-c2c(-n3c4ccc(-c5cccnc5-c5ccccc5)cc4c4cc(-c5cccnc5-c5ccccc5)ccc43)cc(C#N)cc2-n2c3ccc(-c4cccnc4-c4ccccc4)cc3c3cc(-c4cccnc4-c4ccccc4)ccc32)c1. The summed E-state index contributed by atoms with van der Waals surface area (Å²) in [6.07, 6.45) is 7.40. The molecule has 0 aliphatic rings. The Kier molecular flexibility index (Phi) is 13.1. The van der Waals surface area contributed by atoms with E-state index >= 15 is 0 Å². The molecule has 90 heavy (non-hydrogen) atoms. The van der Waals surface area contributed by atoms with Gasteiger partial charge in [0.15, 0.2) is 0 Å². The van der Waals surface area contributed by atoms with Crippen LogP contribution in [0.25, 0.3) is 156 Å². The van der Waals surface area contributed by atoms with Crippen molar-refractivity contribution in [3.05, 3.63) is 315 Å². The van der Waals surface area contributed by atoms with Gasteiger partial charge in [0.25, 0.3) is 0 Å². The Hall–Kier alpha value is -12.6. The van der Waals surface area contributed by atoms with Crippen LogP contribution in [0.15, 0.2) is 304 Å². The minimum Gasteiger partial charge on any atom is -0.308 e. The van der Waals surface area contributed by atoms with E-state index in [1.807, 2.05) is 152 Å². The van der Waals surface area contributed by atoms with Gasteiger partial charge >= 0.3 is 0 Å². The first-order valence-corrected chi connectivity index (χ1v) is 29.9. The molecule has 0 amide bonds. The fourth-order valence-electron chi connectivity index (χ4n) is 13.2. The van der Waals surface area contributed by atoms with E-state index in [-0.39, 0.29) is 0 Å². The second-order valence-electron chi connectivity index (χ2n) is 22.4. The van der Waals surface area contributed by atoms with Crippen molar-refractivity contribution in [3.63, 3.8) is 0 Å². The van der Waals surface area contributed by atoms with E-state index in [1.54, 1.807) is 0 Å². The van der Waals surface area contributed by atoms with Gasteiger partial charge in [0.2, 0.25) is 0 Å². The lowest BCUT2D eigenvalue weighted by atomic mass is 9.96. The molecule has 10 aromatic carbocycles. The molecule has 0 atom stereocenters. The smallest absolute Gasteiger partial charge is 0.0993 e. The van der Waals surface area contributed by atoms with Gasteiger partial charge in [-0.2, -0.15) is 10.5 Å². The number of nitrogens with zero attached hydrogens (tertiary/aromatic N) is 8. The van der Waals surface area contributed by atoms with Crippen LogP contribution in [0.3, 0.4) is 0 Å². The molecule has 0 bridgehead atoms. The fourth-order valence-corrected chi connectivity index (χ4v) is 13.2. The number of aromatic nitrogens is 6. The van der Waals surface area contributed by atoms with Crippen LogP contribution in [-0.2, 0) is 0 Å². The Morgan fingerprint density at radius 1 is 0.244 bits per heavy atom. The van der Waals surface area contributed by atoms with E-state index in [2.05, 4.69) is 173 Å². The third kappa shape index (κ3) is 9.16. The third-order valence-electron chi connectivity index (χ3n) is 17.2. The highest BCUT2D eigenvalue weighted by molar-refractivity contribution is 6.15. The fraction of sp³-hybridized carbons (Fsp3) is 0. The van der Waals surface area contributed by atoms with E-state index in [4.69, 9.17) is 19.9 Å². The summed E-state index contributed by atoms with van der Waals surface area (Å²) in [4.78, 5) is 19.9. The molecular formula is C82H50N8. The molecule has 0 saturated carbocycles. The van der Waals surface area contributed by atoms with Crippen molar-refractivity contribution < 1.29 is 0 Å². The Balaban J connectivity index is 0.996. The van der Waals surface area contributed by atoms with Crippen LogP contribution in [-0.4, -0.2) is 29.1 Å². The zero-order valence-corrected chi connectivity index (χ0v) is 48.4. The molecule has 0 unspecified atom stereocenters. The summed E-state index contributed by atoms with van der Waals surface area (Å²) in [6, 6.07) is 101. The van der Waals surface area contributed by atoms with Gasteiger partial charge in [-0.05, 0) is 125 Å². The average Bonchev–Trinajstić information content (AvgIpc) is 1.79. The standard InChI is InChI=1S/C82H50N8/c83-51-53-18-13-27-63(44-53)78-76(89-72-36-32-59(64-28-14-40-85-79(64)55-19-5-1-6-20-55)47-68(72)69-48-60(33-37-73(69)89)65-29-15-41-86-80(65)56-21-7-2-8-22-56)45-54(52-84)46-77(78)90-74-38-34-61(66-30-16-42-87-81(66)57-23-9-3-10-24-57)49-70(74)71-50-62(35-39-75(71)90)67-31-17-43-88-82(67)58-25-11-4-12-26-58/h1-50H. The Morgan fingerprint density at radius 2 is 0.544 bits per heavy atom. The molecule has 8 heteroatoms. The molecule has 418 valence electrons. The highest BCUT2D eigenvalue weighted by Crippen LogP contribution is 2.47. The lowest BCUT2D eigenvalue weighted by Crippen LogP contribution is -2.05. The van der Waals surface area contributed by atoms with Crippen molar-refractivity contribution in [2.75, 3.05) is 0 Å². The number of rotatable bonds is 11. The van der Waals surface area contributed by atoms with Crippen LogP contribution >= 0.6 is 0 Å². The van der Waals surface area contributed by atoms with Crippen molar-refractivity contribution in [1.29, 1.82) is 10.5 Å². The van der Waals surface area contributed by atoms with Crippen molar-refractivity contribution in [2.24, 2.45) is 0 Å². The topological polar surface area (TPSA) is 109 Å². The number of pyridine rings is 4. The van der Waals surface area contributed by atoms with Crippen LogP contribution < -0.4 is 0 Å². The number of benzene rings is 10. The number of nitriles is 2. The van der Waals surface area contributed by atoms with Gasteiger partial charge in [0.05, 0.1) is 79.5 Å². The summed E-state index contributed by atoms with van der Waals surface area (Å²) in [5.41, 5.74) is 23.5. The molecule has 6 heterocycles. The molecule has 0 N–H and O–H groups in total. The molecule has 16 aromatic rings. The van der Waals surface area contributed by atoms with Gasteiger partial charge in [-0.3, -0.25) is 19.9 Å². The zero-order chi connectivity index (χ0) is 60.1. The van der Waals surface area contributed by atoms with Crippen LogP contribution in [0.1, 0.15) is 11.1 Å². The minimum absolute atomic E-state index is 0.461. The number of fused-ring (bicyclic) bond motifs is 6. The predicted octanol–water partition coefficient (Wildman–Crippen LogP) is 20.2. The van der Waals surface area contributed by atoms with Crippen molar-refractivity contribution >= 4 is 43.6 Å². The molecule has 8 nitrogen and oxygen atoms in total. The maximum absolute atomic E-state index is 11.5. The van der Waals surface area contributed by atoms with E-state index in [1.165, 1.54) is 0 Å². The molecule has 0 fully saturated rings. The normalized spacial score (nSPS) is 11.3. The van der Waals surface area contributed by atoms with Gasteiger partial charge in [-0.15, -0.1) is 0 Å². The summed E-state index contributed by atoms with van der Waals surface area (Å²) >= 11 is 0. The monoisotopic (exact) mass is 1150 g/mol. The first-order valence-electron chi connectivity index (χ1n) is 29.9. The Labute approximate surface area is 519 Å². The van der Waals surface area contributed by atoms with Gasteiger partial charge in [-0.1, -0.05) is 182 Å². The lowest BCUT2D eigenvalue weighted by Gasteiger charge is -2.21. The van der Waals surface area contributed by atoms with Crippen LogP contribution in [0.2, 0.25) is 0 Å². The summed E-state index contributed by atoms with van der Waals surface area (Å²) < 4.78 is 4.62. The van der Waals surface area contributed by atoms with Crippen molar-refractivity contribution in [1.82, 2.24) is 29.1 Å². The van der Waals surface area contributed by atoms with Crippen molar-refractivity contribution in [3.8, 4) is 124 Å². The van der Waals surface area contributed by atoms with Gasteiger partial charge in [0, 0.05) is 96.4 Å². The number of hydrogen-bond acceptors (Lipinski definition) is 6. The predicted molar refractivity (Wildman–Crippen MR) is 365 cm³/mol. The van der Waals surface area contributed by atoms with Gasteiger partial charge in [-0.25, -0.2) is 0 Å². The molecule has 0 saturated heterocycles. The van der Waals surface area contributed by atoms with E-state index < -0.39 is 0 Å². The summed E-state index contributed by atoms with van der Waals surface area (Å²) in [5.74, 6) is 0. The summed E-state index contributed by atoms with van der Waals surface area (Å²) in [6.45, 7) is 0. The van der Waals surface area contributed by atoms with Crippen LogP contribution in [0.5, 0.6) is 0 Å². The first kappa shape index (κ1) is 52.9. The maximum Gasteiger partial charge on any atom is 0.0993 e. The first-order chi connectivity index (χ1) is 44.6. The average molecular weight is 1150 g/mol. The van der Waals surface area contributed by atoms with Crippen LogP contribution in [0.4, 0.5) is 0 Å². The zero-order valence-electron chi connectivity index (χ0n) is 48.4. The van der Waals surface area contributed by atoms with Crippen molar-refractivity contribution in [2.45, 2.75) is 0 Å². The molecule has 0 radical (unpaired) electrons. The van der Waals surface area contributed by atoms with Crippen LogP contribution in [0, 0.1) is 22.7 Å². The quantitative estimate of drug-likeness (QED) is 0.128. The largest absolute Gasteiger partial charge is 0.308 e. The second-order valence-corrected chi connectivity index (χ2v) is 22.4. The maximum atomic E-state index is 11.5. The van der Waals surface area contributed by atoms with E-state index in [9.17, 15) is 10.5 Å². The van der Waals surface area contributed by atoms with E-state index in [0.29, 0.717) is 11.1 Å². The minimum atomic E-state index is 0.461. The second kappa shape index (κ2) is 22.3. The van der Waals surface area contributed by atoms with Gasteiger partial charge in [0.1, 0.15) is 0 Å². The number of hydrogen-bond donors (Lipinski definition) is 0. The third-order valence-corrected chi connectivity index (χ3v) is 17.2. The lowest BCUT2D eigenvalue weighted by molar-refractivity contribution is 1.13. The van der Waals surface area contributed by atoms with E-state index in [0.717, 1.165) is 156 Å². The summed E-state index contributed by atoms with van der Waals surface area (Å²) in [5, 5.41) is 26.2. The van der Waals surface area contributed by atoms with Gasteiger partial charge < -0.3 is 9.13 Å². The molecular weight excluding hydrogens is 1100 g/mol. The summed E-state index contributed by atoms with van der Waals surface area (Å²) in [7, 11) is 0. The highest BCUT2D eigenvalue weighted by Gasteiger charge is 2.26. The molecule has 0 spiro atoms. The Morgan fingerprint density at radius 3 is 0.844 bits per heavy atom. The Bertz CT molecular complexity index is 4970. The molecule has 16 rings (SSSR count). The molecule has 6 aromatic heterocycles. The highest BCUT2D eigenvalue weighted by atomic mass is 15.0. The molecule has 0 aliphatic carbocycles. The molecule has 0 aliphatic heterocycles.